The van der Waals surface area contributed by atoms with Gasteiger partial charge in [-0.05, 0) is 42.3 Å². The highest BCUT2D eigenvalue weighted by Crippen LogP contribution is 2.26. The Morgan fingerprint density at radius 2 is 1.93 bits per heavy atom. The van der Waals surface area contributed by atoms with E-state index in [-0.39, 0.29) is 23.1 Å². The maximum absolute atomic E-state index is 12.8. The largest absolute Gasteiger partial charge is 0.369 e. The summed E-state index contributed by atoms with van der Waals surface area (Å²) in [5.41, 5.74) is 4.05. The van der Waals surface area contributed by atoms with Crippen LogP contribution < -0.4 is 10.2 Å². The van der Waals surface area contributed by atoms with Crippen LogP contribution in [-0.2, 0) is 16.3 Å². The third-order valence-corrected chi connectivity index (χ3v) is 6.72. The van der Waals surface area contributed by atoms with Crippen LogP contribution in [0.5, 0.6) is 0 Å². The summed E-state index contributed by atoms with van der Waals surface area (Å²) >= 11 is 0. The Hall–Kier alpha value is -3.20. The number of aromatic nitrogens is 2. The van der Waals surface area contributed by atoms with Crippen molar-refractivity contribution >= 4 is 27.1 Å². The van der Waals surface area contributed by atoms with E-state index >= 15 is 0 Å². The van der Waals surface area contributed by atoms with Gasteiger partial charge in [-0.2, -0.15) is 0 Å². The molecule has 0 spiro atoms. The molecule has 1 aliphatic heterocycles. The van der Waals surface area contributed by atoms with Crippen molar-refractivity contribution in [1.82, 2.24) is 10.1 Å². The smallest absolute Gasteiger partial charge is 0.274 e. The molecule has 1 aromatic carbocycles. The van der Waals surface area contributed by atoms with Crippen molar-refractivity contribution in [3.05, 3.63) is 60.0 Å². The number of amides is 1. The van der Waals surface area contributed by atoms with Crippen LogP contribution in [0.2, 0.25) is 0 Å². The van der Waals surface area contributed by atoms with E-state index in [9.17, 15) is 13.2 Å². The van der Waals surface area contributed by atoms with Gasteiger partial charge in [0, 0.05) is 30.5 Å². The molecular formula is C21H22N4O4S. The number of nitrogens with zero attached hydrogens (tertiary/aromatic N) is 3. The van der Waals surface area contributed by atoms with E-state index in [1.807, 2.05) is 25.1 Å². The fourth-order valence-corrected chi connectivity index (χ4v) is 4.60. The minimum atomic E-state index is -2.93. The van der Waals surface area contributed by atoms with Crippen LogP contribution in [0.4, 0.5) is 11.4 Å². The van der Waals surface area contributed by atoms with E-state index in [0.29, 0.717) is 30.2 Å². The molecule has 0 bridgehead atoms. The van der Waals surface area contributed by atoms with Crippen molar-refractivity contribution in [1.29, 1.82) is 0 Å². The number of hydrogen-bond acceptors (Lipinski definition) is 7. The Balaban J connectivity index is 1.52. The molecule has 0 unspecified atom stereocenters. The molecule has 1 fully saturated rings. The normalized spacial score (nSPS) is 15.7. The lowest BCUT2D eigenvalue weighted by Crippen LogP contribution is -2.40. The summed E-state index contributed by atoms with van der Waals surface area (Å²) in [7, 11) is -2.93. The monoisotopic (exact) mass is 426 g/mol. The minimum absolute atomic E-state index is 0.167. The molecule has 0 aliphatic carbocycles. The van der Waals surface area contributed by atoms with E-state index in [1.54, 1.807) is 24.3 Å². The number of carbonyl (C=O) groups excluding carboxylic acids is 1. The summed E-state index contributed by atoms with van der Waals surface area (Å²) in [6.45, 7) is 2.98. The Morgan fingerprint density at radius 1 is 1.13 bits per heavy atom. The lowest BCUT2D eigenvalue weighted by atomic mass is 10.1. The number of nitrogens with one attached hydrogen (secondary N) is 1. The average molecular weight is 426 g/mol. The van der Waals surface area contributed by atoms with Crippen LogP contribution >= 0.6 is 0 Å². The second-order valence-electron chi connectivity index (χ2n) is 7.08. The molecule has 0 atom stereocenters. The number of rotatable bonds is 5. The quantitative estimate of drug-likeness (QED) is 0.669. The summed E-state index contributed by atoms with van der Waals surface area (Å²) in [6, 6.07) is 12.6. The highest BCUT2D eigenvalue weighted by molar-refractivity contribution is 7.91. The molecule has 3 aromatic rings. The van der Waals surface area contributed by atoms with Gasteiger partial charge in [0.1, 0.15) is 17.7 Å². The number of aryl methyl sites for hydroxylation is 1. The second kappa shape index (κ2) is 8.27. The van der Waals surface area contributed by atoms with Crippen molar-refractivity contribution < 1.29 is 17.7 Å². The minimum Gasteiger partial charge on any atom is -0.369 e. The number of anilines is 2. The van der Waals surface area contributed by atoms with Crippen LogP contribution in [0.25, 0.3) is 11.4 Å². The van der Waals surface area contributed by atoms with Crippen LogP contribution in [0.15, 0.2) is 53.3 Å². The maximum atomic E-state index is 12.8. The average Bonchev–Trinajstić information content (AvgIpc) is 3.29. The van der Waals surface area contributed by atoms with Crippen LogP contribution in [0, 0.1) is 0 Å². The maximum Gasteiger partial charge on any atom is 0.274 e. The van der Waals surface area contributed by atoms with E-state index in [1.165, 1.54) is 6.26 Å². The Kier molecular flexibility index (Phi) is 5.54. The first-order chi connectivity index (χ1) is 14.4. The molecule has 4 rings (SSSR count). The zero-order chi connectivity index (χ0) is 21.1. The number of carbonyl (C=O) groups is 1. The molecule has 1 N–H and O–H groups in total. The number of hydrogen-bond donors (Lipinski definition) is 1. The molecule has 3 heterocycles. The number of sulfone groups is 1. The molecular weight excluding hydrogens is 404 g/mol. The molecule has 1 amide bonds. The van der Waals surface area contributed by atoms with Crippen LogP contribution in [0.3, 0.4) is 0 Å². The Bertz CT molecular complexity index is 1150. The molecule has 8 nitrogen and oxygen atoms in total. The van der Waals surface area contributed by atoms with Gasteiger partial charge in [0.05, 0.1) is 17.2 Å². The van der Waals surface area contributed by atoms with Gasteiger partial charge < -0.3 is 14.7 Å². The van der Waals surface area contributed by atoms with Crippen LogP contribution in [0.1, 0.15) is 23.0 Å². The van der Waals surface area contributed by atoms with Gasteiger partial charge >= 0.3 is 0 Å². The second-order valence-corrected chi connectivity index (χ2v) is 9.38. The summed E-state index contributed by atoms with van der Waals surface area (Å²) in [5.74, 6) is 0.0212. The van der Waals surface area contributed by atoms with Gasteiger partial charge in [-0.3, -0.25) is 4.79 Å². The first kappa shape index (κ1) is 20.1. The molecule has 30 heavy (non-hydrogen) atoms. The topological polar surface area (TPSA) is 105 Å². The zero-order valence-corrected chi connectivity index (χ0v) is 17.4. The van der Waals surface area contributed by atoms with Gasteiger partial charge in [-0.15, -0.1) is 0 Å². The SMILES string of the molecule is CCc1cc(N2CCS(=O)(=O)CC2)ccc1NC(=O)c1cccc(-c2ccon2)n1. The lowest BCUT2D eigenvalue weighted by molar-refractivity contribution is 0.102. The predicted octanol–water partition coefficient (Wildman–Crippen LogP) is 2.79. The van der Waals surface area contributed by atoms with Crippen molar-refractivity contribution in [2.45, 2.75) is 13.3 Å². The lowest BCUT2D eigenvalue weighted by Gasteiger charge is -2.29. The van der Waals surface area contributed by atoms with Crippen molar-refractivity contribution in [2.24, 2.45) is 0 Å². The Morgan fingerprint density at radius 3 is 2.63 bits per heavy atom. The van der Waals surface area contributed by atoms with Crippen molar-refractivity contribution in [3.63, 3.8) is 0 Å². The summed E-state index contributed by atoms with van der Waals surface area (Å²) in [4.78, 5) is 19.2. The highest BCUT2D eigenvalue weighted by Gasteiger charge is 2.22. The van der Waals surface area contributed by atoms with Crippen molar-refractivity contribution in [2.75, 3.05) is 34.8 Å². The van der Waals surface area contributed by atoms with Gasteiger partial charge in [0.25, 0.3) is 5.91 Å². The van der Waals surface area contributed by atoms with Crippen LogP contribution in [-0.4, -0.2) is 49.1 Å². The number of pyridine rings is 1. The molecule has 1 saturated heterocycles. The van der Waals surface area contributed by atoms with E-state index < -0.39 is 9.84 Å². The third-order valence-electron chi connectivity index (χ3n) is 5.11. The summed E-state index contributed by atoms with van der Waals surface area (Å²) in [5, 5.41) is 6.78. The molecule has 156 valence electrons. The zero-order valence-electron chi connectivity index (χ0n) is 16.5. The first-order valence-corrected chi connectivity index (χ1v) is 11.5. The molecule has 0 radical (unpaired) electrons. The van der Waals surface area contributed by atoms with Gasteiger partial charge in [-0.1, -0.05) is 18.1 Å². The molecule has 9 heteroatoms. The van der Waals surface area contributed by atoms with Crippen molar-refractivity contribution in [3.8, 4) is 11.4 Å². The van der Waals surface area contributed by atoms with Gasteiger partial charge in [0.2, 0.25) is 0 Å². The molecule has 2 aromatic heterocycles. The fourth-order valence-electron chi connectivity index (χ4n) is 3.40. The summed E-state index contributed by atoms with van der Waals surface area (Å²) in [6.07, 6.45) is 2.18. The highest BCUT2D eigenvalue weighted by atomic mass is 32.2. The van der Waals surface area contributed by atoms with E-state index in [2.05, 4.69) is 20.4 Å². The van der Waals surface area contributed by atoms with E-state index in [4.69, 9.17) is 4.52 Å². The predicted molar refractivity (Wildman–Crippen MR) is 114 cm³/mol. The fraction of sp³-hybridized carbons (Fsp3) is 0.286. The van der Waals surface area contributed by atoms with Gasteiger partial charge in [-0.25, -0.2) is 13.4 Å². The Labute approximate surface area is 174 Å². The molecule has 1 aliphatic rings. The standard InChI is InChI=1S/C21H22N4O4S/c1-2-15-14-16(25-9-12-30(27,28)13-10-25)6-7-17(15)23-21(26)20-5-3-4-18(22-20)19-8-11-29-24-19/h3-8,11,14H,2,9-10,12-13H2,1H3,(H,23,26). The van der Waals surface area contributed by atoms with E-state index in [0.717, 1.165) is 17.7 Å². The first-order valence-electron chi connectivity index (χ1n) is 9.72. The summed E-state index contributed by atoms with van der Waals surface area (Å²) < 4.78 is 28.2. The molecule has 0 saturated carbocycles. The van der Waals surface area contributed by atoms with Gasteiger partial charge in [0.15, 0.2) is 9.84 Å². The third kappa shape index (κ3) is 4.35. The number of benzene rings is 1.